The number of primary amides is 1. The fourth-order valence-electron chi connectivity index (χ4n) is 5.95. The summed E-state index contributed by atoms with van der Waals surface area (Å²) in [6.45, 7) is 4.09. The monoisotopic (exact) mass is 613 g/mol. The minimum Gasteiger partial charge on any atom is -0.508 e. The van der Waals surface area contributed by atoms with Gasteiger partial charge in [-0.2, -0.15) is 0 Å². The van der Waals surface area contributed by atoms with Crippen molar-refractivity contribution in [1.82, 2.24) is 15.5 Å². The molecule has 0 unspecified atom stereocenters. The van der Waals surface area contributed by atoms with E-state index < -0.39 is 41.9 Å². The first-order valence-electron chi connectivity index (χ1n) is 15.4. The molecule has 10 heteroatoms. The average molecular weight is 614 g/mol. The van der Waals surface area contributed by atoms with Crippen LogP contribution in [0.5, 0.6) is 5.75 Å². The van der Waals surface area contributed by atoms with E-state index in [4.69, 9.17) is 11.5 Å². The highest BCUT2D eigenvalue weighted by molar-refractivity contribution is 5.95. The van der Waals surface area contributed by atoms with Crippen LogP contribution in [-0.2, 0) is 38.4 Å². The molecule has 1 heterocycles. The van der Waals surface area contributed by atoms with Gasteiger partial charge in [-0.15, -0.1) is 0 Å². The van der Waals surface area contributed by atoms with Gasteiger partial charge in [-0.05, 0) is 79.5 Å². The van der Waals surface area contributed by atoms with E-state index in [2.05, 4.69) is 10.6 Å². The lowest BCUT2D eigenvalue weighted by Crippen LogP contribution is -2.60. The molecule has 7 N–H and O–H groups in total. The normalized spacial score (nSPS) is 16.7. The van der Waals surface area contributed by atoms with Crippen molar-refractivity contribution in [3.63, 3.8) is 0 Å². The number of benzene rings is 3. The van der Waals surface area contributed by atoms with Gasteiger partial charge in [0.1, 0.15) is 23.9 Å². The van der Waals surface area contributed by atoms with E-state index in [9.17, 15) is 24.3 Å². The summed E-state index contributed by atoms with van der Waals surface area (Å²) in [6, 6.07) is 18.0. The zero-order chi connectivity index (χ0) is 32.5. The van der Waals surface area contributed by atoms with E-state index in [0.717, 1.165) is 40.7 Å². The largest absolute Gasteiger partial charge is 0.508 e. The first-order chi connectivity index (χ1) is 21.5. The molecule has 3 aromatic carbocycles. The van der Waals surface area contributed by atoms with Crippen molar-refractivity contribution in [3.8, 4) is 5.75 Å². The fourth-order valence-corrected chi connectivity index (χ4v) is 5.95. The average Bonchev–Trinajstić information content (AvgIpc) is 3.02. The van der Waals surface area contributed by atoms with Crippen molar-refractivity contribution in [1.29, 1.82) is 0 Å². The van der Waals surface area contributed by atoms with Crippen molar-refractivity contribution in [3.05, 3.63) is 101 Å². The molecule has 3 aromatic rings. The third-order valence-electron chi connectivity index (χ3n) is 8.37. The predicted octanol–water partition coefficient (Wildman–Crippen LogP) is 2.20. The molecule has 45 heavy (non-hydrogen) atoms. The Hall–Kier alpha value is -4.70. The molecule has 4 atom stereocenters. The number of rotatable bonds is 12. The Bertz CT molecular complexity index is 1470. The maximum Gasteiger partial charge on any atom is 0.243 e. The Kier molecular flexibility index (Phi) is 11.3. The quantitative estimate of drug-likeness (QED) is 0.210. The molecule has 1 fully saturated rings. The van der Waals surface area contributed by atoms with Gasteiger partial charge in [0.25, 0.3) is 0 Å². The SMILES string of the molecule is Cc1cc(O)cc(C)c1C[C@H](N)C(=O)N1CCCC[C@H]1C(=O)N[C@@H](Cc1ccccc1)C(=O)N[C@@H](Cc1ccccc1)C(N)=O. The summed E-state index contributed by atoms with van der Waals surface area (Å²) in [7, 11) is 0. The third kappa shape index (κ3) is 8.92. The number of nitrogens with one attached hydrogen (secondary N) is 2. The summed E-state index contributed by atoms with van der Waals surface area (Å²) in [6.07, 6.45) is 2.54. The molecule has 0 saturated carbocycles. The third-order valence-corrected chi connectivity index (χ3v) is 8.37. The lowest BCUT2D eigenvalue weighted by atomic mass is 9.94. The highest BCUT2D eigenvalue weighted by Crippen LogP contribution is 2.24. The van der Waals surface area contributed by atoms with Crippen LogP contribution in [0, 0.1) is 13.8 Å². The molecule has 1 aliphatic heterocycles. The number of carbonyl (C=O) groups excluding carboxylic acids is 4. The molecule has 1 aliphatic rings. The smallest absolute Gasteiger partial charge is 0.243 e. The summed E-state index contributed by atoms with van der Waals surface area (Å²) >= 11 is 0. The molecule has 0 spiro atoms. The first kappa shape index (κ1) is 33.2. The van der Waals surface area contributed by atoms with Gasteiger partial charge in [0.05, 0.1) is 6.04 Å². The van der Waals surface area contributed by atoms with Crippen LogP contribution in [0.15, 0.2) is 72.8 Å². The molecule has 0 bridgehead atoms. The molecule has 0 aliphatic carbocycles. The van der Waals surface area contributed by atoms with E-state index in [1.165, 1.54) is 4.90 Å². The number of hydrogen-bond acceptors (Lipinski definition) is 6. The zero-order valence-corrected chi connectivity index (χ0v) is 25.9. The fraction of sp³-hybridized carbons (Fsp3) is 0.371. The number of carbonyl (C=O) groups is 4. The summed E-state index contributed by atoms with van der Waals surface area (Å²) in [4.78, 5) is 54.9. The standard InChI is InChI=1S/C35H43N5O5/c1-22-17-26(41)18-23(2)27(22)21-28(36)35(45)40-16-10-9-15-31(40)34(44)39-30(20-25-13-7-4-8-14-25)33(43)38-29(32(37)42)19-24-11-5-3-6-12-24/h3-8,11-14,17-18,28-31,41H,9-10,15-16,19-21,36H2,1-2H3,(H2,37,42)(H,38,43)(H,39,44)/t28-,29-,30-,31-/m0/s1. The topological polar surface area (TPSA) is 168 Å². The van der Waals surface area contributed by atoms with E-state index in [-0.39, 0.29) is 30.9 Å². The van der Waals surface area contributed by atoms with Gasteiger partial charge in [-0.1, -0.05) is 60.7 Å². The molecular weight excluding hydrogens is 570 g/mol. The summed E-state index contributed by atoms with van der Waals surface area (Å²) in [5.41, 5.74) is 16.3. The zero-order valence-electron chi connectivity index (χ0n) is 25.9. The van der Waals surface area contributed by atoms with Gasteiger partial charge in [0, 0.05) is 19.4 Å². The number of phenols is 1. The second-order valence-electron chi connectivity index (χ2n) is 11.8. The van der Waals surface area contributed by atoms with Crippen molar-refractivity contribution in [2.24, 2.45) is 11.5 Å². The maximum absolute atomic E-state index is 13.8. The van der Waals surface area contributed by atoms with Gasteiger partial charge in [0.2, 0.25) is 23.6 Å². The second kappa shape index (κ2) is 15.3. The van der Waals surface area contributed by atoms with Crippen LogP contribution in [0.4, 0.5) is 0 Å². The molecule has 238 valence electrons. The number of nitrogens with zero attached hydrogens (tertiary/aromatic N) is 1. The number of piperidine rings is 1. The molecule has 4 amide bonds. The molecular formula is C35H43N5O5. The van der Waals surface area contributed by atoms with Crippen molar-refractivity contribution >= 4 is 23.6 Å². The maximum atomic E-state index is 13.8. The van der Waals surface area contributed by atoms with Crippen molar-refractivity contribution < 1.29 is 24.3 Å². The van der Waals surface area contributed by atoms with Gasteiger partial charge in [-0.25, -0.2) is 0 Å². The minimum atomic E-state index is -1.02. The summed E-state index contributed by atoms with van der Waals surface area (Å²) in [5, 5.41) is 15.5. The Morgan fingerprint density at radius 2 is 1.40 bits per heavy atom. The molecule has 0 aromatic heterocycles. The van der Waals surface area contributed by atoms with Crippen LogP contribution in [0.3, 0.4) is 0 Å². The van der Waals surface area contributed by atoms with Gasteiger partial charge in [0.15, 0.2) is 0 Å². The van der Waals surface area contributed by atoms with Gasteiger partial charge < -0.3 is 32.1 Å². The summed E-state index contributed by atoms with van der Waals surface area (Å²) < 4.78 is 0. The lowest BCUT2D eigenvalue weighted by molar-refractivity contribution is -0.144. The highest BCUT2D eigenvalue weighted by Gasteiger charge is 2.36. The van der Waals surface area contributed by atoms with Crippen LogP contribution in [0.2, 0.25) is 0 Å². The molecule has 10 nitrogen and oxygen atoms in total. The Morgan fingerprint density at radius 3 is 1.96 bits per heavy atom. The van der Waals surface area contributed by atoms with E-state index in [1.807, 2.05) is 74.5 Å². The van der Waals surface area contributed by atoms with Gasteiger partial charge in [-0.3, -0.25) is 19.2 Å². The Balaban J connectivity index is 1.51. The highest BCUT2D eigenvalue weighted by atomic mass is 16.3. The number of nitrogens with two attached hydrogens (primary N) is 2. The number of aryl methyl sites for hydroxylation is 2. The van der Waals surface area contributed by atoms with E-state index in [0.29, 0.717) is 13.0 Å². The van der Waals surface area contributed by atoms with Gasteiger partial charge >= 0.3 is 0 Å². The molecule has 4 rings (SSSR count). The number of amides is 4. The van der Waals surface area contributed by atoms with Crippen molar-refractivity contribution in [2.75, 3.05) is 6.54 Å². The minimum absolute atomic E-state index is 0.151. The van der Waals surface area contributed by atoms with Crippen LogP contribution in [0.25, 0.3) is 0 Å². The number of hydrogen-bond donors (Lipinski definition) is 5. The molecule has 0 radical (unpaired) electrons. The van der Waals surface area contributed by atoms with Crippen LogP contribution >= 0.6 is 0 Å². The molecule has 1 saturated heterocycles. The summed E-state index contributed by atoms with van der Waals surface area (Å²) in [5.74, 6) is -1.88. The number of likely N-dealkylation sites (tertiary alicyclic amines) is 1. The van der Waals surface area contributed by atoms with Crippen LogP contribution in [0.1, 0.15) is 47.1 Å². The van der Waals surface area contributed by atoms with Crippen molar-refractivity contribution in [2.45, 2.75) is 76.5 Å². The first-order valence-corrected chi connectivity index (χ1v) is 15.4. The Morgan fingerprint density at radius 1 is 0.844 bits per heavy atom. The second-order valence-corrected chi connectivity index (χ2v) is 11.8. The van der Waals surface area contributed by atoms with Crippen LogP contribution < -0.4 is 22.1 Å². The predicted molar refractivity (Wildman–Crippen MR) is 172 cm³/mol. The Labute approximate surface area is 264 Å². The van der Waals surface area contributed by atoms with E-state index >= 15 is 0 Å². The lowest BCUT2D eigenvalue weighted by Gasteiger charge is -2.37. The number of phenolic OH excluding ortho intramolecular Hbond substituents is 1. The number of aromatic hydroxyl groups is 1. The van der Waals surface area contributed by atoms with E-state index in [1.54, 1.807) is 12.1 Å². The van der Waals surface area contributed by atoms with Crippen LogP contribution in [-0.4, -0.2) is 64.3 Å².